The van der Waals surface area contributed by atoms with Gasteiger partial charge in [0.15, 0.2) is 6.54 Å². The van der Waals surface area contributed by atoms with Crippen LogP contribution in [0.4, 0.5) is 5.69 Å². The largest absolute Gasteiger partial charge is 0.337 e. The van der Waals surface area contributed by atoms with E-state index in [0.717, 1.165) is 40.4 Å². The normalized spacial score (nSPS) is 20.1. The van der Waals surface area contributed by atoms with Crippen molar-refractivity contribution in [2.24, 2.45) is 5.92 Å². The highest BCUT2D eigenvalue weighted by Gasteiger charge is 2.38. The predicted molar refractivity (Wildman–Crippen MR) is 116 cm³/mol. The van der Waals surface area contributed by atoms with Gasteiger partial charge in [0.2, 0.25) is 5.91 Å². The van der Waals surface area contributed by atoms with Crippen molar-refractivity contribution in [2.45, 2.75) is 25.8 Å². The molecule has 0 aliphatic carbocycles. The lowest BCUT2D eigenvalue weighted by atomic mass is 9.80. The molecular formula is C23H29N4O3+. The highest BCUT2D eigenvalue weighted by molar-refractivity contribution is 5.89. The number of fused-ring (bicyclic) bond motifs is 4. The molecule has 7 nitrogen and oxygen atoms in total. The minimum Gasteiger partial charge on any atom is -0.337 e. The lowest BCUT2D eigenvalue weighted by molar-refractivity contribution is -0.849. The maximum Gasteiger partial charge on any atom is 0.277 e. The summed E-state index contributed by atoms with van der Waals surface area (Å²) in [5, 5.41) is 2.78. The molecule has 1 saturated heterocycles. The summed E-state index contributed by atoms with van der Waals surface area (Å²) >= 11 is 0. The van der Waals surface area contributed by atoms with Crippen molar-refractivity contribution >= 4 is 17.5 Å². The predicted octanol–water partition coefficient (Wildman–Crippen LogP) is 0.564. The van der Waals surface area contributed by atoms with Gasteiger partial charge in [0.1, 0.15) is 0 Å². The van der Waals surface area contributed by atoms with Crippen molar-refractivity contribution in [3.05, 3.63) is 52.4 Å². The Hall–Kier alpha value is -2.93. The smallest absolute Gasteiger partial charge is 0.277 e. The molecule has 2 aliphatic rings. The average Bonchev–Trinajstić information content (AvgIpc) is 2.68. The van der Waals surface area contributed by atoms with E-state index in [-0.39, 0.29) is 23.3 Å². The molecule has 158 valence electrons. The van der Waals surface area contributed by atoms with Gasteiger partial charge in [0, 0.05) is 55.5 Å². The summed E-state index contributed by atoms with van der Waals surface area (Å²) in [5.74, 6) is 0.534. The number of anilines is 1. The number of pyridine rings is 1. The second kappa shape index (κ2) is 8.07. The maximum atomic E-state index is 12.7. The number of hydrogen-bond acceptors (Lipinski definition) is 3. The minimum absolute atomic E-state index is 0.0239. The van der Waals surface area contributed by atoms with Crippen LogP contribution in [0.3, 0.4) is 0 Å². The number of benzene rings is 1. The summed E-state index contributed by atoms with van der Waals surface area (Å²) in [7, 11) is 3.97. The standard InChI is InChI=1S/C23H28N4O3/c1-15(28)24-19-6-4-17(5-7-19)20-8-9-21(29)27-12-16-10-18(23(20)27)13-26(11-16)22(30)14-25(2)3/h4-9,16,18H,10-14H2,1-3H3,(H,24,28)/p+1/t16-,18+/m0/s1. The van der Waals surface area contributed by atoms with Gasteiger partial charge in [-0.2, -0.15) is 0 Å². The lowest BCUT2D eigenvalue weighted by Gasteiger charge is -2.43. The average molecular weight is 410 g/mol. The van der Waals surface area contributed by atoms with Crippen molar-refractivity contribution in [1.82, 2.24) is 9.47 Å². The van der Waals surface area contributed by atoms with E-state index in [1.54, 1.807) is 6.07 Å². The van der Waals surface area contributed by atoms with Crippen LogP contribution in [0.5, 0.6) is 0 Å². The van der Waals surface area contributed by atoms with Crippen molar-refractivity contribution in [3.63, 3.8) is 0 Å². The number of aromatic nitrogens is 1. The third-order valence-corrected chi connectivity index (χ3v) is 5.96. The Morgan fingerprint density at radius 1 is 1.07 bits per heavy atom. The van der Waals surface area contributed by atoms with Crippen LogP contribution in [0.25, 0.3) is 11.1 Å². The summed E-state index contributed by atoms with van der Waals surface area (Å²) in [6.07, 6.45) is 0.999. The van der Waals surface area contributed by atoms with E-state index in [1.807, 2.05) is 53.9 Å². The number of quaternary nitrogens is 1. The number of rotatable bonds is 4. The van der Waals surface area contributed by atoms with Crippen molar-refractivity contribution in [2.75, 3.05) is 39.0 Å². The maximum absolute atomic E-state index is 12.7. The molecule has 30 heavy (non-hydrogen) atoms. The van der Waals surface area contributed by atoms with E-state index >= 15 is 0 Å². The lowest BCUT2D eigenvalue weighted by Crippen LogP contribution is -3.07. The molecule has 2 aromatic rings. The van der Waals surface area contributed by atoms with E-state index in [0.29, 0.717) is 25.6 Å². The number of likely N-dealkylation sites (tertiary alicyclic amines) is 1. The molecule has 0 unspecified atom stereocenters. The molecule has 7 heteroatoms. The monoisotopic (exact) mass is 409 g/mol. The molecular weight excluding hydrogens is 380 g/mol. The first-order chi connectivity index (χ1) is 14.3. The van der Waals surface area contributed by atoms with E-state index in [4.69, 9.17) is 0 Å². The second-order valence-corrected chi connectivity index (χ2v) is 8.82. The van der Waals surface area contributed by atoms with Gasteiger partial charge < -0.3 is 19.7 Å². The third-order valence-electron chi connectivity index (χ3n) is 5.96. The van der Waals surface area contributed by atoms with Crippen LogP contribution >= 0.6 is 0 Å². The van der Waals surface area contributed by atoms with E-state index in [2.05, 4.69) is 5.32 Å². The molecule has 2 aliphatic heterocycles. The summed E-state index contributed by atoms with van der Waals surface area (Å²) in [6.45, 7) is 4.00. The van der Waals surface area contributed by atoms with Gasteiger partial charge in [-0.1, -0.05) is 12.1 Å². The number of nitrogens with one attached hydrogen (secondary N) is 2. The van der Waals surface area contributed by atoms with Gasteiger partial charge in [-0.15, -0.1) is 0 Å². The molecule has 2 bridgehead atoms. The molecule has 4 rings (SSSR count). The Morgan fingerprint density at radius 2 is 1.80 bits per heavy atom. The molecule has 2 N–H and O–H groups in total. The second-order valence-electron chi connectivity index (χ2n) is 8.82. The molecule has 1 aromatic heterocycles. The molecule has 0 saturated carbocycles. The van der Waals surface area contributed by atoms with Crippen LogP contribution in [0.2, 0.25) is 0 Å². The number of hydrogen-bond donors (Lipinski definition) is 2. The molecule has 1 fully saturated rings. The molecule has 3 heterocycles. The molecule has 0 radical (unpaired) electrons. The van der Waals surface area contributed by atoms with Crippen molar-refractivity contribution in [3.8, 4) is 11.1 Å². The van der Waals surface area contributed by atoms with Gasteiger partial charge in [-0.25, -0.2) is 0 Å². The zero-order valence-corrected chi connectivity index (χ0v) is 17.8. The molecule has 0 spiro atoms. The summed E-state index contributed by atoms with van der Waals surface area (Å²) in [4.78, 5) is 39.7. The van der Waals surface area contributed by atoms with Gasteiger partial charge in [0.05, 0.1) is 14.1 Å². The van der Waals surface area contributed by atoms with Crippen LogP contribution in [0.1, 0.15) is 25.0 Å². The quantitative estimate of drug-likeness (QED) is 0.775. The number of carbonyl (C=O) groups excluding carboxylic acids is 2. The number of likely N-dealkylation sites (N-methyl/N-ethyl adjacent to an activating group) is 1. The van der Waals surface area contributed by atoms with Crippen LogP contribution in [-0.2, 0) is 16.1 Å². The molecule has 2 amide bonds. The van der Waals surface area contributed by atoms with Crippen LogP contribution in [-0.4, -0.2) is 55.0 Å². The van der Waals surface area contributed by atoms with Crippen molar-refractivity contribution < 1.29 is 14.5 Å². The summed E-state index contributed by atoms with van der Waals surface area (Å²) < 4.78 is 1.91. The molecule has 2 atom stereocenters. The fourth-order valence-corrected chi connectivity index (χ4v) is 4.81. The van der Waals surface area contributed by atoms with Crippen LogP contribution < -0.4 is 15.8 Å². The highest BCUT2D eigenvalue weighted by atomic mass is 16.2. The van der Waals surface area contributed by atoms with E-state index in [9.17, 15) is 14.4 Å². The topological polar surface area (TPSA) is 75.8 Å². The first kappa shape index (κ1) is 20.3. The van der Waals surface area contributed by atoms with E-state index < -0.39 is 0 Å². The zero-order valence-electron chi connectivity index (χ0n) is 17.8. The Balaban J connectivity index is 1.69. The van der Waals surface area contributed by atoms with Crippen LogP contribution in [0.15, 0.2) is 41.2 Å². The number of carbonyl (C=O) groups is 2. The number of nitrogens with zero attached hydrogens (tertiary/aromatic N) is 2. The third kappa shape index (κ3) is 4.03. The van der Waals surface area contributed by atoms with Gasteiger partial charge in [0.25, 0.3) is 11.5 Å². The highest BCUT2D eigenvalue weighted by Crippen LogP contribution is 2.40. The Bertz CT molecular complexity index is 1030. The Kier molecular flexibility index (Phi) is 5.47. The van der Waals surface area contributed by atoms with Gasteiger partial charge >= 0.3 is 0 Å². The minimum atomic E-state index is -0.107. The summed E-state index contributed by atoms with van der Waals surface area (Å²) in [6, 6.07) is 11.2. The van der Waals surface area contributed by atoms with E-state index in [1.165, 1.54) is 6.92 Å². The first-order valence-corrected chi connectivity index (χ1v) is 10.5. The SMILES string of the molecule is CC(=O)Nc1ccc(-c2ccc(=O)n3c2[C@@H]2C[C@@H](CN(C(=O)C[NH+](C)C)C2)C3)cc1. The van der Waals surface area contributed by atoms with Gasteiger partial charge in [-0.05, 0) is 36.1 Å². The fraction of sp³-hybridized carbons (Fsp3) is 0.435. The van der Waals surface area contributed by atoms with Crippen molar-refractivity contribution in [1.29, 1.82) is 0 Å². The fourth-order valence-electron chi connectivity index (χ4n) is 4.81. The van der Waals surface area contributed by atoms with Crippen LogP contribution in [0, 0.1) is 5.92 Å². The molecule has 1 aromatic carbocycles. The summed E-state index contributed by atoms with van der Waals surface area (Å²) in [5.41, 5.74) is 3.83. The Labute approximate surface area is 176 Å². The number of amides is 2. The first-order valence-electron chi connectivity index (χ1n) is 10.5. The van der Waals surface area contributed by atoms with Gasteiger partial charge in [-0.3, -0.25) is 14.4 Å². The number of piperidine rings is 1. The Morgan fingerprint density at radius 3 is 2.47 bits per heavy atom. The zero-order chi connectivity index (χ0) is 21.4.